The molecule has 0 aromatic heterocycles. The van der Waals surface area contributed by atoms with Gasteiger partial charge in [0.25, 0.3) is 11.6 Å². The highest BCUT2D eigenvalue weighted by Gasteiger charge is 2.16. The van der Waals surface area contributed by atoms with Gasteiger partial charge in [-0.1, -0.05) is 35.8 Å². The highest BCUT2D eigenvalue weighted by Crippen LogP contribution is 2.17. The Morgan fingerprint density at radius 1 is 1.47 bits per heavy atom. The van der Waals surface area contributed by atoms with Crippen LogP contribution in [-0.2, 0) is 0 Å². The highest BCUT2D eigenvalue weighted by atomic mass is 79.9. The molecule has 1 aromatic rings. The van der Waals surface area contributed by atoms with E-state index in [-0.39, 0.29) is 16.4 Å². The lowest BCUT2D eigenvalue weighted by atomic mass is 10.1. The average Bonchev–Trinajstić information content (AvgIpc) is 2.35. The van der Waals surface area contributed by atoms with Crippen LogP contribution in [0.1, 0.15) is 29.8 Å². The lowest BCUT2D eigenvalue weighted by molar-refractivity contribution is -0.384. The van der Waals surface area contributed by atoms with Gasteiger partial charge in [-0.25, -0.2) is 0 Å². The predicted molar refractivity (Wildman–Crippen MR) is 77.7 cm³/mol. The second kappa shape index (κ2) is 6.65. The van der Waals surface area contributed by atoms with Gasteiger partial charge < -0.3 is 5.32 Å². The SMILES string of the molecule is Cc1ccc([N+](=O)[O-])cc1C(=O)NCC(Br)C(C)C. The number of nitro groups is 1. The molecule has 6 heteroatoms. The number of benzene rings is 1. The molecule has 0 radical (unpaired) electrons. The molecule has 1 N–H and O–H groups in total. The summed E-state index contributed by atoms with van der Waals surface area (Å²) in [4.78, 5) is 22.4. The molecule has 5 nitrogen and oxygen atoms in total. The molecule has 1 amide bonds. The lowest BCUT2D eigenvalue weighted by Gasteiger charge is -2.15. The van der Waals surface area contributed by atoms with Gasteiger partial charge >= 0.3 is 0 Å². The summed E-state index contributed by atoms with van der Waals surface area (Å²) >= 11 is 3.48. The second-order valence-corrected chi connectivity index (χ2v) is 5.90. The monoisotopic (exact) mass is 328 g/mol. The van der Waals surface area contributed by atoms with E-state index in [2.05, 4.69) is 21.2 Å². The molecule has 0 saturated carbocycles. The fourth-order valence-corrected chi connectivity index (χ4v) is 1.65. The van der Waals surface area contributed by atoms with E-state index < -0.39 is 4.92 Å². The van der Waals surface area contributed by atoms with E-state index in [9.17, 15) is 14.9 Å². The van der Waals surface area contributed by atoms with E-state index in [0.29, 0.717) is 18.0 Å². The maximum Gasteiger partial charge on any atom is 0.270 e. The number of nitrogens with one attached hydrogen (secondary N) is 1. The molecule has 0 aliphatic rings. The van der Waals surface area contributed by atoms with Crippen molar-refractivity contribution in [3.63, 3.8) is 0 Å². The molecule has 19 heavy (non-hydrogen) atoms. The smallest absolute Gasteiger partial charge is 0.270 e. The Balaban J connectivity index is 2.82. The molecule has 1 atom stereocenters. The summed E-state index contributed by atoms with van der Waals surface area (Å²) in [5.74, 6) is 0.109. The summed E-state index contributed by atoms with van der Waals surface area (Å²) in [7, 11) is 0. The number of carbonyl (C=O) groups is 1. The van der Waals surface area contributed by atoms with Crippen molar-refractivity contribution in [2.45, 2.75) is 25.6 Å². The number of rotatable bonds is 5. The van der Waals surface area contributed by atoms with Crippen LogP contribution in [0.4, 0.5) is 5.69 Å². The maximum absolute atomic E-state index is 12.0. The molecule has 0 aliphatic heterocycles. The topological polar surface area (TPSA) is 72.2 Å². The van der Waals surface area contributed by atoms with Crippen molar-refractivity contribution in [1.82, 2.24) is 5.32 Å². The number of non-ortho nitro benzene ring substituents is 1. The standard InChI is InChI=1S/C13H17BrN2O3/c1-8(2)12(14)7-15-13(17)11-6-10(16(18)19)5-4-9(11)3/h4-6,8,12H,7H2,1-3H3,(H,15,17). The number of carbonyl (C=O) groups excluding carboxylic acids is 1. The number of alkyl halides is 1. The zero-order valence-corrected chi connectivity index (χ0v) is 12.7. The Labute approximate surface area is 120 Å². The fourth-order valence-electron chi connectivity index (χ4n) is 1.49. The van der Waals surface area contributed by atoms with Crippen LogP contribution in [0.3, 0.4) is 0 Å². The number of hydrogen-bond acceptors (Lipinski definition) is 3. The third kappa shape index (κ3) is 4.31. The van der Waals surface area contributed by atoms with Crippen LogP contribution in [0.25, 0.3) is 0 Å². The van der Waals surface area contributed by atoms with Crippen LogP contribution in [0.15, 0.2) is 18.2 Å². The number of amides is 1. The maximum atomic E-state index is 12.0. The Morgan fingerprint density at radius 3 is 2.63 bits per heavy atom. The van der Waals surface area contributed by atoms with Crippen molar-refractivity contribution in [3.05, 3.63) is 39.4 Å². The Morgan fingerprint density at radius 2 is 2.11 bits per heavy atom. The minimum atomic E-state index is -0.502. The fraction of sp³-hybridized carbons (Fsp3) is 0.462. The molecule has 1 rings (SSSR count). The van der Waals surface area contributed by atoms with Crippen molar-refractivity contribution in [1.29, 1.82) is 0 Å². The molecular weight excluding hydrogens is 312 g/mol. The Bertz CT molecular complexity index is 489. The quantitative estimate of drug-likeness (QED) is 0.513. The lowest BCUT2D eigenvalue weighted by Crippen LogP contribution is -2.32. The van der Waals surface area contributed by atoms with Crippen molar-refractivity contribution in [3.8, 4) is 0 Å². The third-order valence-corrected chi connectivity index (χ3v) is 4.24. The van der Waals surface area contributed by atoms with E-state index in [1.54, 1.807) is 13.0 Å². The van der Waals surface area contributed by atoms with Gasteiger partial charge in [0, 0.05) is 29.1 Å². The molecular formula is C13H17BrN2O3. The van der Waals surface area contributed by atoms with Crippen LogP contribution < -0.4 is 5.32 Å². The average molecular weight is 329 g/mol. The first-order chi connectivity index (χ1) is 8.82. The first kappa shape index (κ1) is 15.6. The van der Waals surface area contributed by atoms with Crippen LogP contribution in [0.5, 0.6) is 0 Å². The normalized spacial score (nSPS) is 12.3. The molecule has 0 spiro atoms. The predicted octanol–water partition coefficient (Wildman–Crippen LogP) is 3.05. The highest BCUT2D eigenvalue weighted by molar-refractivity contribution is 9.09. The molecule has 0 aliphatic carbocycles. The van der Waals surface area contributed by atoms with Gasteiger partial charge in [0.2, 0.25) is 0 Å². The van der Waals surface area contributed by atoms with Crippen LogP contribution in [0, 0.1) is 23.0 Å². The summed E-state index contributed by atoms with van der Waals surface area (Å²) in [6, 6.07) is 4.29. The number of halogens is 1. The van der Waals surface area contributed by atoms with Gasteiger partial charge in [0.15, 0.2) is 0 Å². The minimum Gasteiger partial charge on any atom is -0.351 e. The summed E-state index contributed by atoms with van der Waals surface area (Å²) in [5.41, 5.74) is 0.992. The van der Waals surface area contributed by atoms with Gasteiger partial charge in [-0.15, -0.1) is 0 Å². The molecule has 1 aromatic carbocycles. The van der Waals surface area contributed by atoms with Crippen LogP contribution in [-0.4, -0.2) is 22.2 Å². The van der Waals surface area contributed by atoms with E-state index in [1.165, 1.54) is 12.1 Å². The van der Waals surface area contributed by atoms with E-state index in [1.807, 2.05) is 13.8 Å². The third-order valence-electron chi connectivity index (χ3n) is 2.86. The minimum absolute atomic E-state index is 0.0741. The van der Waals surface area contributed by atoms with E-state index in [0.717, 1.165) is 5.56 Å². The molecule has 0 saturated heterocycles. The summed E-state index contributed by atoms with van der Waals surface area (Å²) in [5, 5.41) is 13.5. The number of nitro benzene ring substituents is 1. The van der Waals surface area contributed by atoms with Crippen LogP contribution >= 0.6 is 15.9 Å². The second-order valence-electron chi connectivity index (χ2n) is 4.73. The Hall–Kier alpha value is -1.43. The molecule has 0 heterocycles. The van der Waals surface area contributed by atoms with Gasteiger partial charge in [-0.3, -0.25) is 14.9 Å². The Kier molecular flexibility index (Phi) is 5.47. The van der Waals surface area contributed by atoms with E-state index in [4.69, 9.17) is 0 Å². The van der Waals surface area contributed by atoms with Crippen LogP contribution in [0.2, 0.25) is 0 Å². The van der Waals surface area contributed by atoms with Crippen molar-refractivity contribution in [2.24, 2.45) is 5.92 Å². The summed E-state index contributed by atoms with van der Waals surface area (Å²) in [6.07, 6.45) is 0. The van der Waals surface area contributed by atoms with Gasteiger partial charge in [-0.05, 0) is 18.4 Å². The van der Waals surface area contributed by atoms with E-state index >= 15 is 0 Å². The molecule has 0 bridgehead atoms. The molecule has 1 unspecified atom stereocenters. The van der Waals surface area contributed by atoms with Crippen molar-refractivity contribution >= 4 is 27.5 Å². The summed E-state index contributed by atoms with van der Waals surface area (Å²) < 4.78 is 0. The zero-order valence-electron chi connectivity index (χ0n) is 11.1. The molecule has 0 fully saturated rings. The van der Waals surface area contributed by atoms with Gasteiger partial charge in [0.1, 0.15) is 0 Å². The number of hydrogen-bond donors (Lipinski definition) is 1. The molecule has 104 valence electrons. The summed E-state index contributed by atoms with van der Waals surface area (Å²) in [6.45, 7) is 6.33. The largest absolute Gasteiger partial charge is 0.351 e. The number of aryl methyl sites for hydroxylation is 1. The zero-order chi connectivity index (χ0) is 14.6. The first-order valence-electron chi connectivity index (χ1n) is 6.00. The van der Waals surface area contributed by atoms with Crippen molar-refractivity contribution < 1.29 is 9.72 Å². The van der Waals surface area contributed by atoms with Gasteiger partial charge in [0.05, 0.1) is 4.92 Å². The van der Waals surface area contributed by atoms with Crippen molar-refractivity contribution in [2.75, 3.05) is 6.54 Å². The first-order valence-corrected chi connectivity index (χ1v) is 6.91. The van der Waals surface area contributed by atoms with Gasteiger partial charge in [-0.2, -0.15) is 0 Å². The number of nitrogens with zero attached hydrogens (tertiary/aromatic N) is 1.